The Hall–Kier alpha value is -2.20. The first-order valence-electron chi connectivity index (χ1n) is 11.2. The van der Waals surface area contributed by atoms with E-state index in [2.05, 4.69) is 10.2 Å². The molecule has 0 unspecified atom stereocenters. The summed E-state index contributed by atoms with van der Waals surface area (Å²) in [5.74, 6) is 6.71. The van der Waals surface area contributed by atoms with Gasteiger partial charge in [0.1, 0.15) is 0 Å². The standard InChI is InChI=1S/C22H32N6O2S2/c1-3-26(4-2)19(29)15-31-21-24-25-22(28(21)23)32-16-20(30)27(17-11-7-5-8-12-17)18-13-9-6-10-14-18/h5,7-8,11-12,18H,3-4,6,9-10,13-16,23H2,1-2H3. The Labute approximate surface area is 198 Å². The Morgan fingerprint density at radius 1 is 0.969 bits per heavy atom. The molecule has 2 N–H and O–H groups in total. The fourth-order valence-corrected chi connectivity index (χ4v) is 5.47. The van der Waals surface area contributed by atoms with Crippen LogP contribution >= 0.6 is 23.5 Å². The van der Waals surface area contributed by atoms with Gasteiger partial charge in [0, 0.05) is 24.8 Å². The maximum absolute atomic E-state index is 13.2. The molecular weight excluding hydrogens is 444 g/mol. The van der Waals surface area contributed by atoms with Gasteiger partial charge in [0.05, 0.1) is 11.5 Å². The van der Waals surface area contributed by atoms with Crippen LogP contribution in [0, 0.1) is 0 Å². The van der Waals surface area contributed by atoms with E-state index in [0.29, 0.717) is 23.4 Å². The Kier molecular flexibility index (Phi) is 9.28. The van der Waals surface area contributed by atoms with Crippen molar-refractivity contribution in [2.24, 2.45) is 0 Å². The number of anilines is 1. The zero-order chi connectivity index (χ0) is 22.9. The highest BCUT2D eigenvalue weighted by atomic mass is 32.2. The van der Waals surface area contributed by atoms with Crippen molar-refractivity contribution >= 4 is 41.0 Å². The first kappa shape index (κ1) is 24.4. The number of nitrogens with zero attached hydrogens (tertiary/aromatic N) is 5. The van der Waals surface area contributed by atoms with Gasteiger partial charge in [0.15, 0.2) is 0 Å². The fraction of sp³-hybridized carbons (Fsp3) is 0.545. The van der Waals surface area contributed by atoms with Gasteiger partial charge in [-0.3, -0.25) is 9.59 Å². The van der Waals surface area contributed by atoms with Gasteiger partial charge in [-0.05, 0) is 38.8 Å². The molecule has 0 bridgehead atoms. The Morgan fingerprint density at radius 2 is 1.53 bits per heavy atom. The van der Waals surface area contributed by atoms with Gasteiger partial charge in [0.2, 0.25) is 22.1 Å². The number of carbonyl (C=O) groups is 2. The molecule has 1 fully saturated rings. The monoisotopic (exact) mass is 476 g/mol. The number of nitrogens with two attached hydrogens (primary N) is 1. The van der Waals surface area contributed by atoms with Crippen LogP contribution in [0.25, 0.3) is 0 Å². The lowest BCUT2D eigenvalue weighted by Crippen LogP contribution is -2.42. The first-order chi connectivity index (χ1) is 15.5. The molecule has 1 aliphatic carbocycles. The van der Waals surface area contributed by atoms with Gasteiger partial charge in [-0.2, -0.15) is 0 Å². The van der Waals surface area contributed by atoms with Crippen molar-refractivity contribution in [1.29, 1.82) is 0 Å². The summed E-state index contributed by atoms with van der Waals surface area (Å²) in [6.45, 7) is 5.26. The number of thioether (sulfide) groups is 2. The molecule has 32 heavy (non-hydrogen) atoms. The third-order valence-electron chi connectivity index (χ3n) is 5.64. The lowest BCUT2D eigenvalue weighted by molar-refractivity contribution is -0.128. The third-order valence-corrected chi connectivity index (χ3v) is 7.50. The predicted molar refractivity (Wildman–Crippen MR) is 130 cm³/mol. The Bertz CT molecular complexity index is 882. The minimum absolute atomic E-state index is 0.0402. The van der Waals surface area contributed by atoms with Crippen molar-refractivity contribution in [3.63, 3.8) is 0 Å². The van der Waals surface area contributed by atoms with Crippen molar-refractivity contribution < 1.29 is 9.59 Å². The van der Waals surface area contributed by atoms with Gasteiger partial charge in [-0.1, -0.05) is 61.0 Å². The number of hydrogen-bond acceptors (Lipinski definition) is 7. The molecule has 0 saturated heterocycles. The summed E-state index contributed by atoms with van der Waals surface area (Å²) in [7, 11) is 0. The van der Waals surface area contributed by atoms with E-state index < -0.39 is 0 Å². The summed E-state index contributed by atoms with van der Waals surface area (Å²) < 4.78 is 1.37. The number of aromatic nitrogens is 3. The van der Waals surface area contributed by atoms with E-state index >= 15 is 0 Å². The maximum atomic E-state index is 13.2. The van der Waals surface area contributed by atoms with Crippen molar-refractivity contribution in [3.05, 3.63) is 30.3 Å². The summed E-state index contributed by atoms with van der Waals surface area (Å²) in [4.78, 5) is 29.2. The van der Waals surface area contributed by atoms with Gasteiger partial charge >= 0.3 is 0 Å². The zero-order valence-corrected chi connectivity index (χ0v) is 20.4. The summed E-state index contributed by atoms with van der Waals surface area (Å²) in [6.07, 6.45) is 5.59. The number of nitrogen functional groups attached to an aromatic ring is 1. The number of para-hydroxylation sites is 1. The summed E-state index contributed by atoms with van der Waals surface area (Å²) in [5, 5.41) is 9.16. The minimum Gasteiger partial charge on any atom is -0.343 e. The molecule has 8 nitrogen and oxygen atoms in total. The topological polar surface area (TPSA) is 97.4 Å². The molecule has 1 aromatic carbocycles. The van der Waals surface area contributed by atoms with E-state index in [0.717, 1.165) is 31.4 Å². The van der Waals surface area contributed by atoms with Crippen LogP contribution in [-0.2, 0) is 9.59 Å². The molecule has 174 valence electrons. The molecule has 1 aliphatic rings. The molecule has 1 heterocycles. The van der Waals surface area contributed by atoms with Gasteiger partial charge in [-0.25, -0.2) is 4.68 Å². The van der Waals surface area contributed by atoms with Crippen molar-refractivity contribution in [3.8, 4) is 0 Å². The molecule has 1 aromatic heterocycles. The second kappa shape index (κ2) is 12.2. The first-order valence-corrected chi connectivity index (χ1v) is 13.1. The van der Waals surface area contributed by atoms with Crippen LogP contribution in [0.1, 0.15) is 46.0 Å². The largest absolute Gasteiger partial charge is 0.343 e. The summed E-state index contributed by atoms with van der Waals surface area (Å²) >= 11 is 2.54. The van der Waals surface area contributed by atoms with Gasteiger partial charge in [-0.15, -0.1) is 10.2 Å². The van der Waals surface area contributed by atoms with Crippen LogP contribution in [0.2, 0.25) is 0 Å². The number of hydrogen-bond donors (Lipinski definition) is 1. The minimum atomic E-state index is 0.0402. The lowest BCUT2D eigenvalue weighted by Gasteiger charge is -2.34. The second-order valence-corrected chi connectivity index (χ2v) is 9.55. The van der Waals surface area contributed by atoms with Crippen LogP contribution in [0.15, 0.2) is 40.6 Å². The van der Waals surface area contributed by atoms with Crippen molar-refractivity contribution in [2.75, 3.05) is 35.3 Å². The van der Waals surface area contributed by atoms with E-state index in [9.17, 15) is 9.59 Å². The molecule has 0 atom stereocenters. The number of rotatable bonds is 10. The molecule has 1 saturated carbocycles. The smallest absolute Gasteiger partial charge is 0.237 e. The van der Waals surface area contributed by atoms with Crippen LogP contribution in [0.4, 0.5) is 5.69 Å². The predicted octanol–water partition coefficient (Wildman–Crippen LogP) is 3.41. The highest BCUT2D eigenvalue weighted by molar-refractivity contribution is 8.00. The van der Waals surface area contributed by atoms with Gasteiger partial charge in [0.25, 0.3) is 0 Å². The van der Waals surface area contributed by atoms with Gasteiger partial charge < -0.3 is 15.6 Å². The summed E-state index contributed by atoms with van der Waals surface area (Å²) in [5.41, 5.74) is 0.936. The SMILES string of the molecule is CCN(CC)C(=O)CSc1nnc(SCC(=O)N(c2ccccc2)C2CCCCC2)n1N. The quantitative estimate of drug-likeness (QED) is 0.414. The average molecular weight is 477 g/mol. The Morgan fingerprint density at radius 3 is 2.09 bits per heavy atom. The van der Waals surface area contributed by atoms with Crippen LogP contribution in [-0.4, -0.2) is 62.2 Å². The molecule has 10 heteroatoms. The summed E-state index contributed by atoms with van der Waals surface area (Å²) in [6, 6.07) is 10.1. The molecule has 0 radical (unpaired) electrons. The molecule has 3 rings (SSSR count). The van der Waals surface area contributed by atoms with Crippen molar-refractivity contribution in [2.45, 2.75) is 62.3 Å². The molecular formula is C22H32N6O2S2. The molecule has 0 aliphatic heterocycles. The molecule has 0 spiro atoms. The molecule has 2 aromatic rings. The number of amides is 2. The van der Waals surface area contributed by atoms with Crippen LogP contribution in [0.3, 0.4) is 0 Å². The van der Waals surface area contributed by atoms with Crippen LogP contribution < -0.4 is 10.7 Å². The van der Waals surface area contributed by atoms with E-state index in [1.807, 2.05) is 49.1 Å². The third kappa shape index (κ3) is 6.19. The van der Waals surface area contributed by atoms with E-state index in [1.165, 1.54) is 34.6 Å². The highest BCUT2D eigenvalue weighted by Gasteiger charge is 2.27. The molecule has 2 amide bonds. The van der Waals surface area contributed by atoms with Crippen molar-refractivity contribution in [1.82, 2.24) is 19.8 Å². The van der Waals surface area contributed by atoms with E-state index in [1.54, 1.807) is 4.90 Å². The fourth-order valence-electron chi connectivity index (χ4n) is 3.94. The average Bonchev–Trinajstić information content (AvgIpc) is 3.18. The normalized spacial score (nSPS) is 14.3. The number of benzene rings is 1. The van der Waals surface area contributed by atoms with Crippen LogP contribution in [0.5, 0.6) is 0 Å². The van der Waals surface area contributed by atoms with E-state index in [-0.39, 0.29) is 29.4 Å². The zero-order valence-electron chi connectivity index (χ0n) is 18.8. The lowest BCUT2D eigenvalue weighted by atomic mass is 9.93. The van der Waals surface area contributed by atoms with E-state index in [4.69, 9.17) is 5.84 Å². The number of carbonyl (C=O) groups excluding carboxylic acids is 2. The Balaban J connectivity index is 1.62. The maximum Gasteiger partial charge on any atom is 0.237 e. The second-order valence-electron chi connectivity index (χ2n) is 7.67. The highest BCUT2D eigenvalue weighted by Crippen LogP contribution is 2.29.